The first-order chi connectivity index (χ1) is 24.8. The maximum absolute atomic E-state index is 14.3. The first-order valence-electron chi connectivity index (χ1n) is 18.4. The lowest BCUT2D eigenvalue weighted by molar-refractivity contribution is -0.140. The molecular formula is C39H48N4O7S2. The molecule has 52 heavy (non-hydrogen) atoms. The van der Waals surface area contributed by atoms with Crippen molar-refractivity contribution in [3.63, 3.8) is 0 Å². The summed E-state index contributed by atoms with van der Waals surface area (Å²) >= 11 is 1.52. The van der Waals surface area contributed by atoms with Gasteiger partial charge in [0.25, 0.3) is 0 Å². The van der Waals surface area contributed by atoms with Gasteiger partial charge in [-0.15, -0.1) is 11.3 Å². The van der Waals surface area contributed by atoms with Crippen LogP contribution in [-0.2, 0) is 24.2 Å². The molecule has 0 saturated heterocycles. The van der Waals surface area contributed by atoms with Gasteiger partial charge in [-0.25, -0.2) is 18.4 Å². The van der Waals surface area contributed by atoms with Crippen molar-refractivity contribution >= 4 is 49.7 Å². The highest BCUT2D eigenvalue weighted by molar-refractivity contribution is 7.93. The van der Waals surface area contributed by atoms with Crippen LogP contribution in [-0.4, -0.2) is 84.2 Å². The molecule has 0 radical (unpaired) electrons. The number of pyridine rings is 1. The summed E-state index contributed by atoms with van der Waals surface area (Å²) in [5.41, 5.74) is 1.93. The van der Waals surface area contributed by atoms with E-state index in [2.05, 4.69) is 19.2 Å². The van der Waals surface area contributed by atoms with Crippen LogP contribution in [0.25, 0.3) is 21.6 Å². The number of Topliss-reactive ketones (excluding diaryl/α,β-unsaturated/α-hetero) is 1. The van der Waals surface area contributed by atoms with Gasteiger partial charge in [0.2, 0.25) is 11.8 Å². The Balaban J connectivity index is 1.21. The van der Waals surface area contributed by atoms with Crippen LogP contribution in [0.2, 0.25) is 0 Å². The van der Waals surface area contributed by atoms with Gasteiger partial charge in [-0.05, 0) is 76.3 Å². The predicted molar refractivity (Wildman–Crippen MR) is 200 cm³/mol. The van der Waals surface area contributed by atoms with E-state index in [1.807, 2.05) is 42.7 Å². The molecule has 3 aliphatic carbocycles. The lowest BCUT2D eigenvalue weighted by Gasteiger charge is -2.26. The van der Waals surface area contributed by atoms with E-state index in [0.717, 1.165) is 40.9 Å². The zero-order valence-corrected chi connectivity index (χ0v) is 32.1. The summed E-state index contributed by atoms with van der Waals surface area (Å²) in [6.45, 7) is 6.71. The van der Waals surface area contributed by atoms with Crippen LogP contribution in [0, 0.1) is 24.7 Å². The predicted octanol–water partition coefficient (Wildman–Crippen LogP) is 5.79. The van der Waals surface area contributed by atoms with Crippen molar-refractivity contribution in [2.75, 3.05) is 26.5 Å². The molecule has 2 aromatic heterocycles. The van der Waals surface area contributed by atoms with E-state index in [9.17, 15) is 22.8 Å². The SMILES string of the molecule is COc1ccc2c(O[C@@H]3C[C@H]4C(=O)N[C@]5(C(=O)CS(=O)(=O)C6CC6)CC5/C=C\CCCCN(C)C(=O)[C@@H]4C3)cc(-c3nc(C(C)C)cs3)nc2c1C. The molecule has 2 amide bonds. The van der Waals surface area contributed by atoms with Gasteiger partial charge in [-0.2, -0.15) is 0 Å². The summed E-state index contributed by atoms with van der Waals surface area (Å²) in [5, 5.41) is 6.14. The third kappa shape index (κ3) is 7.10. The zero-order valence-electron chi connectivity index (χ0n) is 30.5. The minimum absolute atomic E-state index is 0.132. The Morgan fingerprint density at radius 2 is 1.88 bits per heavy atom. The van der Waals surface area contributed by atoms with E-state index in [-0.39, 0.29) is 24.2 Å². The number of carbonyl (C=O) groups excluding carboxylic acids is 3. The molecule has 4 aliphatic rings. The standard InChI is InChI=1S/C39H48N4O7S2/c1-22(2)31-20-51-37(41-31)30-18-33(27-13-14-32(49-5)23(3)35(27)40-30)50-25-16-28-29(17-25)38(46)43(4)15-9-7-6-8-10-24-19-39(24,42-36(28)45)34(44)21-52(47,48)26-11-12-26/h8,10,13-14,18,20,22,24-26,28-29H,6-7,9,11-12,15-17,19,21H2,1-5H3,(H,42,45)/b10-8-/t24?,25-,28-,29-,39-/m1/s1. The molecule has 0 bridgehead atoms. The number of carbonyl (C=O) groups is 3. The Kier molecular flexibility index (Phi) is 9.96. The van der Waals surface area contributed by atoms with E-state index in [0.29, 0.717) is 54.9 Å². The normalized spacial score (nSPS) is 27.5. The van der Waals surface area contributed by atoms with E-state index in [4.69, 9.17) is 19.4 Å². The summed E-state index contributed by atoms with van der Waals surface area (Å²) in [6.07, 6.45) is 7.97. The molecule has 13 heteroatoms. The molecule has 0 spiro atoms. The summed E-state index contributed by atoms with van der Waals surface area (Å²) in [7, 11) is -0.181. The number of methoxy groups -OCH3 is 1. The number of benzene rings is 1. The summed E-state index contributed by atoms with van der Waals surface area (Å²) < 4.78 is 38.2. The van der Waals surface area contributed by atoms with Gasteiger partial charge in [-0.1, -0.05) is 26.0 Å². The van der Waals surface area contributed by atoms with Crippen LogP contribution < -0.4 is 14.8 Å². The summed E-state index contributed by atoms with van der Waals surface area (Å²) in [4.78, 5) is 53.7. The van der Waals surface area contributed by atoms with Crippen molar-refractivity contribution in [3.05, 3.63) is 47.0 Å². The van der Waals surface area contributed by atoms with Crippen LogP contribution >= 0.6 is 11.3 Å². The monoisotopic (exact) mass is 748 g/mol. The van der Waals surface area contributed by atoms with Crippen molar-refractivity contribution in [1.29, 1.82) is 0 Å². The summed E-state index contributed by atoms with van der Waals surface area (Å²) in [6, 6.07) is 5.68. The lowest BCUT2D eigenvalue weighted by Crippen LogP contribution is -2.51. The highest BCUT2D eigenvalue weighted by Crippen LogP contribution is 2.48. The maximum atomic E-state index is 14.3. The molecule has 7 rings (SSSR count). The van der Waals surface area contributed by atoms with E-state index < -0.39 is 56.0 Å². The molecule has 3 heterocycles. The Morgan fingerprint density at radius 3 is 2.60 bits per heavy atom. The minimum Gasteiger partial charge on any atom is -0.496 e. The quantitative estimate of drug-likeness (QED) is 0.269. The molecule has 278 valence electrons. The fourth-order valence-electron chi connectivity index (χ4n) is 7.79. The van der Waals surface area contributed by atoms with Crippen molar-refractivity contribution < 1.29 is 32.3 Å². The average molecular weight is 749 g/mol. The molecular weight excluding hydrogens is 701 g/mol. The molecule has 1 aliphatic heterocycles. The van der Waals surface area contributed by atoms with E-state index in [1.54, 1.807) is 19.1 Å². The number of hydrogen-bond acceptors (Lipinski definition) is 10. The highest BCUT2D eigenvalue weighted by Gasteiger charge is 2.61. The number of nitrogens with zero attached hydrogens (tertiary/aromatic N) is 3. The van der Waals surface area contributed by atoms with Gasteiger partial charge in [0, 0.05) is 41.9 Å². The molecule has 3 fully saturated rings. The van der Waals surface area contributed by atoms with Crippen LogP contribution in [0.15, 0.2) is 35.7 Å². The fraction of sp³-hybridized carbons (Fsp3) is 0.564. The second-order valence-corrected chi connectivity index (χ2v) is 18.5. The minimum atomic E-state index is -3.58. The molecule has 1 N–H and O–H groups in total. The Morgan fingerprint density at radius 1 is 1.12 bits per heavy atom. The van der Waals surface area contributed by atoms with E-state index >= 15 is 0 Å². The number of ketones is 1. The molecule has 1 aromatic carbocycles. The number of nitrogens with one attached hydrogen (secondary N) is 1. The van der Waals surface area contributed by atoms with Crippen molar-refractivity contribution in [2.45, 2.75) is 94.9 Å². The van der Waals surface area contributed by atoms with Crippen LogP contribution in [0.1, 0.15) is 82.4 Å². The number of thiazole rings is 1. The lowest BCUT2D eigenvalue weighted by atomic mass is 9.92. The number of aryl methyl sites for hydroxylation is 1. The number of rotatable bonds is 9. The number of fused-ring (bicyclic) bond motifs is 3. The Labute approximate surface area is 309 Å². The van der Waals surface area contributed by atoms with Gasteiger partial charge < -0.3 is 19.7 Å². The zero-order chi connectivity index (χ0) is 36.9. The number of allylic oxidation sites excluding steroid dienone is 1. The second-order valence-electron chi connectivity index (χ2n) is 15.3. The Bertz CT molecular complexity index is 2040. The van der Waals surface area contributed by atoms with Crippen molar-refractivity contribution in [2.24, 2.45) is 17.8 Å². The first kappa shape index (κ1) is 36.5. The molecule has 3 saturated carbocycles. The van der Waals surface area contributed by atoms with Crippen molar-refractivity contribution in [3.8, 4) is 22.2 Å². The third-order valence-corrected chi connectivity index (χ3v) is 14.3. The Hall–Kier alpha value is -3.84. The smallest absolute Gasteiger partial charge is 0.226 e. The topological polar surface area (TPSA) is 145 Å². The van der Waals surface area contributed by atoms with Gasteiger partial charge in [0.1, 0.15) is 39.6 Å². The number of ether oxygens (including phenoxy) is 2. The van der Waals surface area contributed by atoms with Gasteiger partial charge in [-0.3, -0.25) is 14.4 Å². The molecule has 11 nitrogen and oxygen atoms in total. The molecule has 1 unspecified atom stereocenters. The van der Waals surface area contributed by atoms with Gasteiger partial charge in [0.15, 0.2) is 15.6 Å². The summed E-state index contributed by atoms with van der Waals surface area (Å²) in [5.74, 6) is -1.77. The number of sulfone groups is 1. The average Bonchev–Trinajstić information content (AvgIpc) is 3.98. The van der Waals surface area contributed by atoms with Crippen LogP contribution in [0.3, 0.4) is 0 Å². The number of amides is 2. The first-order valence-corrected chi connectivity index (χ1v) is 21.0. The molecule has 5 atom stereocenters. The molecule has 3 aromatic rings. The van der Waals surface area contributed by atoms with Gasteiger partial charge >= 0.3 is 0 Å². The second kappa shape index (κ2) is 14.2. The number of hydrogen-bond donors (Lipinski definition) is 1. The maximum Gasteiger partial charge on any atom is 0.226 e. The van der Waals surface area contributed by atoms with E-state index in [1.165, 1.54) is 11.3 Å². The van der Waals surface area contributed by atoms with Crippen LogP contribution in [0.5, 0.6) is 11.5 Å². The van der Waals surface area contributed by atoms with Gasteiger partial charge in [0.05, 0.1) is 35.4 Å². The highest BCUT2D eigenvalue weighted by atomic mass is 32.2. The fourth-order valence-corrected chi connectivity index (χ4v) is 10.4. The van der Waals surface area contributed by atoms with Crippen molar-refractivity contribution in [1.82, 2.24) is 20.2 Å². The number of aromatic nitrogens is 2. The third-order valence-electron chi connectivity index (χ3n) is 11.2. The van der Waals surface area contributed by atoms with Crippen LogP contribution in [0.4, 0.5) is 0 Å². The largest absolute Gasteiger partial charge is 0.496 e.